The number of Topliss-reactive ketones (excluding diaryl/α,β-unsaturated/α-hetero) is 1. The molecule has 0 aromatic heterocycles. The monoisotopic (exact) mass is 196 g/mol. The third-order valence-corrected chi connectivity index (χ3v) is 2.99. The fourth-order valence-corrected chi connectivity index (χ4v) is 2.59. The molecule has 1 aliphatic rings. The zero-order valence-electron chi connectivity index (χ0n) is 9.55. The topological polar surface area (TPSA) is 37.3 Å². The van der Waals surface area contributed by atoms with Crippen LogP contribution in [0, 0.1) is 5.41 Å². The quantitative estimate of drug-likeness (QED) is 0.736. The predicted octanol–water partition coefficient (Wildman–Crippen LogP) is 2.46. The Morgan fingerprint density at radius 3 is 2.57 bits per heavy atom. The van der Waals surface area contributed by atoms with Gasteiger partial charge in [0.05, 0.1) is 6.10 Å². The van der Waals surface area contributed by atoms with Gasteiger partial charge in [0.25, 0.3) is 0 Å². The Hall–Kier alpha value is -0.630. The van der Waals surface area contributed by atoms with Gasteiger partial charge in [0.2, 0.25) is 0 Å². The van der Waals surface area contributed by atoms with E-state index in [1.54, 1.807) is 0 Å². The average molecular weight is 196 g/mol. The molecule has 0 aromatic rings. The fraction of sp³-hybridized carbons (Fsp3) is 0.750. The van der Waals surface area contributed by atoms with E-state index in [1.807, 2.05) is 27.7 Å². The number of allylic oxidation sites excluding steroid dienone is 1. The number of hydrogen-bond donors (Lipinski definition) is 1. The van der Waals surface area contributed by atoms with Crippen LogP contribution in [0.4, 0.5) is 0 Å². The van der Waals surface area contributed by atoms with E-state index in [9.17, 15) is 9.90 Å². The summed E-state index contributed by atoms with van der Waals surface area (Å²) in [6, 6.07) is 0. The van der Waals surface area contributed by atoms with Crippen LogP contribution in [0.25, 0.3) is 0 Å². The summed E-state index contributed by atoms with van der Waals surface area (Å²) < 4.78 is 0. The zero-order chi connectivity index (χ0) is 10.9. The van der Waals surface area contributed by atoms with E-state index < -0.39 is 0 Å². The van der Waals surface area contributed by atoms with Crippen molar-refractivity contribution in [3.05, 3.63) is 11.1 Å². The van der Waals surface area contributed by atoms with E-state index in [1.165, 1.54) is 0 Å². The molecule has 0 radical (unpaired) electrons. The summed E-state index contributed by atoms with van der Waals surface area (Å²) in [5, 5.41) is 9.64. The van der Waals surface area contributed by atoms with Gasteiger partial charge in [-0.05, 0) is 30.8 Å². The van der Waals surface area contributed by atoms with Crippen molar-refractivity contribution in [2.24, 2.45) is 5.41 Å². The summed E-state index contributed by atoms with van der Waals surface area (Å²) in [5.74, 6) is 0.236. The van der Waals surface area contributed by atoms with Crippen molar-refractivity contribution in [1.82, 2.24) is 0 Å². The first-order chi connectivity index (χ1) is 6.38. The molecule has 0 fully saturated rings. The van der Waals surface area contributed by atoms with Crippen molar-refractivity contribution in [3.8, 4) is 0 Å². The van der Waals surface area contributed by atoms with Gasteiger partial charge in [-0.2, -0.15) is 0 Å². The summed E-state index contributed by atoms with van der Waals surface area (Å²) >= 11 is 0. The number of carbonyl (C=O) groups is 1. The van der Waals surface area contributed by atoms with Crippen LogP contribution >= 0.6 is 0 Å². The molecule has 0 aliphatic heterocycles. The number of aliphatic hydroxyl groups is 1. The van der Waals surface area contributed by atoms with Crippen LogP contribution in [0.5, 0.6) is 0 Å². The van der Waals surface area contributed by atoms with Gasteiger partial charge in [0, 0.05) is 6.42 Å². The molecule has 0 heterocycles. The van der Waals surface area contributed by atoms with Gasteiger partial charge < -0.3 is 5.11 Å². The van der Waals surface area contributed by atoms with Crippen LogP contribution in [0.3, 0.4) is 0 Å². The second-order valence-corrected chi connectivity index (χ2v) is 4.88. The van der Waals surface area contributed by atoms with E-state index in [-0.39, 0.29) is 17.3 Å². The van der Waals surface area contributed by atoms with Crippen LogP contribution in [0.1, 0.15) is 47.0 Å². The molecule has 1 aliphatic carbocycles. The van der Waals surface area contributed by atoms with Crippen LogP contribution in [-0.4, -0.2) is 17.0 Å². The minimum Gasteiger partial charge on any atom is -0.393 e. The first-order valence-corrected chi connectivity index (χ1v) is 5.30. The Kier molecular flexibility index (Phi) is 3.15. The molecular formula is C12H20O2. The highest BCUT2D eigenvalue weighted by Gasteiger charge is 2.35. The number of ketones is 1. The Bertz CT molecular complexity index is 274. The number of rotatable bonds is 2. The van der Waals surface area contributed by atoms with Crippen LogP contribution in [0.15, 0.2) is 11.1 Å². The fourth-order valence-electron chi connectivity index (χ4n) is 2.59. The van der Waals surface area contributed by atoms with Crippen molar-refractivity contribution >= 4 is 5.78 Å². The molecule has 1 rings (SSSR count). The molecule has 0 saturated carbocycles. The first-order valence-electron chi connectivity index (χ1n) is 5.30. The predicted molar refractivity (Wildman–Crippen MR) is 57.0 cm³/mol. The van der Waals surface area contributed by atoms with Gasteiger partial charge in [0.15, 0.2) is 5.78 Å². The summed E-state index contributed by atoms with van der Waals surface area (Å²) in [7, 11) is 0. The smallest absolute Gasteiger partial charge is 0.159 e. The molecule has 0 bridgehead atoms. The molecular weight excluding hydrogens is 176 g/mol. The largest absolute Gasteiger partial charge is 0.393 e. The molecule has 1 N–H and O–H groups in total. The SMILES string of the molecule is CCC(=O)C1=C(C)CC(O)CC1(C)C. The molecule has 2 nitrogen and oxygen atoms in total. The minimum absolute atomic E-state index is 0.158. The van der Waals surface area contributed by atoms with E-state index in [2.05, 4.69) is 0 Å². The van der Waals surface area contributed by atoms with Gasteiger partial charge in [-0.1, -0.05) is 26.3 Å². The molecule has 80 valence electrons. The van der Waals surface area contributed by atoms with Crippen molar-refractivity contribution < 1.29 is 9.90 Å². The minimum atomic E-state index is -0.279. The molecule has 1 atom stereocenters. The molecule has 14 heavy (non-hydrogen) atoms. The van der Waals surface area contributed by atoms with Gasteiger partial charge in [-0.15, -0.1) is 0 Å². The summed E-state index contributed by atoms with van der Waals surface area (Å²) in [6.07, 6.45) is 1.64. The lowest BCUT2D eigenvalue weighted by Crippen LogP contribution is -2.32. The van der Waals surface area contributed by atoms with Gasteiger partial charge in [-0.25, -0.2) is 0 Å². The normalized spacial score (nSPS) is 26.5. The lowest BCUT2D eigenvalue weighted by molar-refractivity contribution is -0.116. The molecule has 2 heteroatoms. The van der Waals surface area contributed by atoms with Crippen molar-refractivity contribution in [2.75, 3.05) is 0 Å². The van der Waals surface area contributed by atoms with Gasteiger partial charge in [0.1, 0.15) is 0 Å². The van der Waals surface area contributed by atoms with E-state index in [0.29, 0.717) is 19.3 Å². The Labute approximate surface area is 86.0 Å². The van der Waals surface area contributed by atoms with Crippen molar-refractivity contribution in [3.63, 3.8) is 0 Å². The second-order valence-electron chi connectivity index (χ2n) is 4.88. The maximum atomic E-state index is 11.8. The Morgan fingerprint density at radius 1 is 1.57 bits per heavy atom. The van der Waals surface area contributed by atoms with E-state index in [0.717, 1.165) is 11.1 Å². The maximum absolute atomic E-state index is 11.8. The summed E-state index contributed by atoms with van der Waals surface area (Å²) in [5.41, 5.74) is 1.86. The molecule has 1 unspecified atom stereocenters. The Balaban J connectivity index is 3.09. The molecule has 0 saturated heterocycles. The highest BCUT2D eigenvalue weighted by Crippen LogP contribution is 2.40. The molecule has 0 spiro atoms. The first kappa shape index (κ1) is 11.4. The number of hydrogen-bond acceptors (Lipinski definition) is 2. The maximum Gasteiger partial charge on any atom is 0.159 e. The van der Waals surface area contributed by atoms with Gasteiger partial charge in [-0.3, -0.25) is 4.79 Å². The second kappa shape index (κ2) is 3.85. The lowest BCUT2D eigenvalue weighted by atomic mass is 9.70. The summed E-state index contributed by atoms with van der Waals surface area (Å²) in [6.45, 7) is 7.94. The highest BCUT2D eigenvalue weighted by molar-refractivity contribution is 5.97. The van der Waals surface area contributed by atoms with Crippen LogP contribution in [-0.2, 0) is 4.79 Å². The number of carbonyl (C=O) groups excluding carboxylic acids is 1. The van der Waals surface area contributed by atoms with Crippen molar-refractivity contribution in [2.45, 2.75) is 53.1 Å². The number of aliphatic hydroxyl groups excluding tert-OH is 1. The van der Waals surface area contributed by atoms with Crippen LogP contribution in [0.2, 0.25) is 0 Å². The Morgan fingerprint density at radius 2 is 2.14 bits per heavy atom. The highest BCUT2D eigenvalue weighted by atomic mass is 16.3. The molecule has 0 amide bonds. The lowest BCUT2D eigenvalue weighted by Gasteiger charge is -2.36. The van der Waals surface area contributed by atoms with E-state index in [4.69, 9.17) is 0 Å². The molecule has 0 aromatic carbocycles. The van der Waals surface area contributed by atoms with Crippen LogP contribution < -0.4 is 0 Å². The van der Waals surface area contributed by atoms with Crippen molar-refractivity contribution in [1.29, 1.82) is 0 Å². The van der Waals surface area contributed by atoms with E-state index >= 15 is 0 Å². The van der Waals surface area contributed by atoms with Gasteiger partial charge >= 0.3 is 0 Å². The average Bonchev–Trinajstić information content (AvgIpc) is 1.99. The third kappa shape index (κ3) is 2.06. The zero-order valence-corrected chi connectivity index (χ0v) is 9.55. The summed E-state index contributed by atoms with van der Waals surface area (Å²) in [4.78, 5) is 11.8. The standard InChI is InChI=1S/C12H20O2/c1-5-10(14)11-8(2)6-9(13)7-12(11,3)4/h9,13H,5-7H2,1-4H3. The third-order valence-electron chi connectivity index (χ3n) is 2.99.